The molecule has 0 amide bonds. The van der Waals surface area contributed by atoms with Crippen molar-refractivity contribution in [3.8, 4) is 0 Å². The van der Waals surface area contributed by atoms with Gasteiger partial charge in [-0.15, -0.1) is 0 Å². The normalized spacial score (nSPS) is 50.9. The van der Waals surface area contributed by atoms with Crippen LogP contribution in [-0.4, -0.2) is 49.1 Å². The number of ketones is 1. The number of hydrogen-bond acceptors (Lipinski definition) is 6. The van der Waals surface area contributed by atoms with E-state index in [0.717, 1.165) is 12.8 Å². The summed E-state index contributed by atoms with van der Waals surface area (Å²) in [6, 6.07) is 0. The molecule has 1 heterocycles. The van der Waals surface area contributed by atoms with E-state index in [2.05, 4.69) is 0 Å². The zero-order chi connectivity index (χ0) is 17.5. The average Bonchev–Trinajstić information content (AvgIpc) is 2.97. The highest BCUT2D eigenvalue weighted by Crippen LogP contribution is 2.81. The monoisotopic (exact) mass is 338 g/mol. The van der Waals surface area contributed by atoms with Crippen LogP contribution in [0, 0.1) is 23.2 Å². The number of carbonyl (C=O) groups excluding carboxylic acids is 2. The first-order chi connectivity index (χ1) is 11.3. The first-order valence-electron chi connectivity index (χ1n) is 8.88. The third-order valence-electron chi connectivity index (χ3n) is 6.66. The first-order valence-corrected chi connectivity index (χ1v) is 8.88. The molecule has 134 valence electrons. The molecule has 7 atom stereocenters. The van der Waals surface area contributed by atoms with Gasteiger partial charge in [-0.1, -0.05) is 0 Å². The summed E-state index contributed by atoms with van der Waals surface area (Å²) in [4.78, 5) is 25.9. The van der Waals surface area contributed by atoms with Crippen molar-refractivity contribution < 1.29 is 28.5 Å². The van der Waals surface area contributed by atoms with Gasteiger partial charge >= 0.3 is 5.97 Å². The van der Waals surface area contributed by atoms with E-state index in [9.17, 15) is 9.59 Å². The Morgan fingerprint density at radius 2 is 2.04 bits per heavy atom. The number of ether oxygens (including phenoxy) is 4. The van der Waals surface area contributed by atoms with Crippen LogP contribution in [0.2, 0.25) is 0 Å². The van der Waals surface area contributed by atoms with Crippen molar-refractivity contribution in [2.75, 3.05) is 13.7 Å². The van der Waals surface area contributed by atoms with Gasteiger partial charge in [0, 0.05) is 18.9 Å². The van der Waals surface area contributed by atoms with E-state index < -0.39 is 22.7 Å². The van der Waals surface area contributed by atoms with Crippen LogP contribution in [0.3, 0.4) is 0 Å². The Bertz CT molecular complexity index is 600. The zero-order valence-electron chi connectivity index (χ0n) is 15.0. The lowest BCUT2D eigenvalue weighted by Gasteiger charge is -2.42. The van der Waals surface area contributed by atoms with Gasteiger partial charge in [-0.2, -0.15) is 0 Å². The molecule has 2 unspecified atom stereocenters. The highest BCUT2D eigenvalue weighted by molar-refractivity contribution is 6.05. The largest absolute Gasteiger partial charge is 0.465 e. The van der Waals surface area contributed by atoms with Crippen molar-refractivity contribution in [3.63, 3.8) is 0 Å². The van der Waals surface area contributed by atoms with Gasteiger partial charge in [0.05, 0.1) is 30.3 Å². The maximum Gasteiger partial charge on any atom is 0.316 e. The molecule has 6 heteroatoms. The summed E-state index contributed by atoms with van der Waals surface area (Å²) >= 11 is 0. The molecule has 4 bridgehead atoms. The molecule has 0 spiro atoms. The van der Waals surface area contributed by atoms with Gasteiger partial charge in [-0.25, -0.2) is 0 Å². The van der Waals surface area contributed by atoms with Crippen LogP contribution in [0.1, 0.15) is 40.5 Å². The highest BCUT2D eigenvalue weighted by Gasteiger charge is 2.94. The topological polar surface area (TPSA) is 71.1 Å². The van der Waals surface area contributed by atoms with Gasteiger partial charge < -0.3 is 18.9 Å². The minimum Gasteiger partial charge on any atom is -0.465 e. The van der Waals surface area contributed by atoms with Crippen LogP contribution >= 0.6 is 0 Å². The molecule has 0 radical (unpaired) electrons. The lowest BCUT2D eigenvalue weighted by atomic mass is 9.67. The number of carbonyl (C=O) groups is 2. The summed E-state index contributed by atoms with van der Waals surface area (Å²) in [5, 5.41) is 0. The van der Waals surface area contributed by atoms with Crippen LogP contribution in [0.25, 0.3) is 0 Å². The number of fused-ring (bicyclic) bond motifs is 1. The molecule has 5 aliphatic rings. The number of hydrogen-bond donors (Lipinski definition) is 0. The van der Waals surface area contributed by atoms with Crippen LogP contribution in [0.4, 0.5) is 0 Å². The molecule has 4 aliphatic carbocycles. The molecule has 5 fully saturated rings. The van der Waals surface area contributed by atoms with Crippen molar-refractivity contribution in [2.24, 2.45) is 23.2 Å². The maximum absolute atomic E-state index is 13.0. The predicted molar refractivity (Wildman–Crippen MR) is 83.0 cm³/mol. The second kappa shape index (κ2) is 4.80. The van der Waals surface area contributed by atoms with E-state index in [1.165, 1.54) is 0 Å². The third kappa shape index (κ3) is 1.62. The Morgan fingerprint density at radius 3 is 2.54 bits per heavy atom. The van der Waals surface area contributed by atoms with Gasteiger partial charge in [-0.05, 0) is 40.5 Å². The molecule has 5 rings (SSSR count). The molecule has 0 aromatic rings. The summed E-state index contributed by atoms with van der Waals surface area (Å²) in [7, 11) is 1.60. The van der Waals surface area contributed by atoms with Crippen LogP contribution < -0.4 is 0 Å². The molecule has 1 saturated heterocycles. The Labute approximate surface area is 142 Å². The Morgan fingerprint density at radius 1 is 1.33 bits per heavy atom. The van der Waals surface area contributed by atoms with Crippen LogP contribution in [0.5, 0.6) is 0 Å². The van der Waals surface area contributed by atoms with E-state index in [4.69, 9.17) is 18.9 Å². The Kier molecular flexibility index (Phi) is 3.30. The smallest absolute Gasteiger partial charge is 0.316 e. The minimum atomic E-state index is -0.902. The van der Waals surface area contributed by atoms with E-state index >= 15 is 0 Å². The summed E-state index contributed by atoms with van der Waals surface area (Å²) in [6.45, 7) is 7.77. The van der Waals surface area contributed by atoms with Gasteiger partial charge in [-0.3, -0.25) is 9.59 Å². The zero-order valence-corrected chi connectivity index (χ0v) is 15.0. The number of esters is 1. The quantitative estimate of drug-likeness (QED) is 0.727. The van der Waals surface area contributed by atoms with E-state index in [1.807, 2.05) is 20.8 Å². The second-order valence-corrected chi connectivity index (χ2v) is 7.99. The van der Waals surface area contributed by atoms with Crippen molar-refractivity contribution >= 4 is 11.8 Å². The first kappa shape index (κ1) is 16.5. The minimum absolute atomic E-state index is 0.140. The molecule has 24 heavy (non-hydrogen) atoms. The van der Waals surface area contributed by atoms with Crippen molar-refractivity contribution in [1.82, 2.24) is 0 Å². The molecule has 0 N–H and O–H groups in total. The van der Waals surface area contributed by atoms with E-state index in [-0.39, 0.29) is 35.8 Å². The molecule has 6 nitrogen and oxygen atoms in total. The van der Waals surface area contributed by atoms with Crippen molar-refractivity contribution in [2.45, 2.75) is 64.1 Å². The number of rotatable bonds is 4. The van der Waals surface area contributed by atoms with Crippen LogP contribution in [-0.2, 0) is 28.5 Å². The number of methoxy groups -OCH3 is 1. The Hall–Kier alpha value is -0.980. The Balaban J connectivity index is 1.79. The van der Waals surface area contributed by atoms with Gasteiger partial charge in [0.15, 0.2) is 5.79 Å². The SMILES string of the molecule is CCOC(=O)C12C3C(=O)[C@@H](CC[C@@]31OC)[C@H]2[C@@H]1OC(C)(C)O[C@H]1C. The average molecular weight is 338 g/mol. The lowest BCUT2D eigenvalue weighted by Crippen LogP contribution is -2.52. The van der Waals surface area contributed by atoms with E-state index in [0.29, 0.717) is 6.61 Å². The fourth-order valence-corrected chi connectivity index (χ4v) is 6.10. The highest BCUT2D eigenvalue weighted by atomic mass is 16.8. The molecular formula is C18H26O6. The number of Topliss-reactive ketones (excluding diaryl/α,β-unsaturated/α-hetero) is 1. The van der Waals surface area contributed by atoms with Gasteiger partial charge in [0.25, 0.3) is 0 Å². The van der Waals surface area contributed by atoms with E-state index in [1.54, 1.807) is 14.0 Å². The summed E-state index contributed by atoms with van der Waals surface area (Å²) in [5.41, 5.74) is -1.62. The molecule has 0 aromatic heterocycles. The molecule has 4 saturated carbocycles. The van der Waals surface area contributed by atoms with Crippen LogP contribution in [0.15, 0.2) is 0 Å². The van der Waals surface area contributed by atoms with Crippen molar-refractivity contribution in [3.05, 3.63) is 0 Å². The van der Waals surface area contributed by atoms with Crippen molar-refractivity contribution in [1.29, 1.82) is 0 Å². The fourth-order valence-electron chi connectivity index (χ4n) is 6.10. The molecule has 0 aromatic carbocycles. The molecule has 1 aliphatic heterocycles. The standard InChI is InChI=1S/C18H26O6/c1-6-22-15(20)18-11(13-9(2)23-16(3,4)24-13)10-7-8-17(18,21-5)14(18)12(10)19/h9-11,13-14H,6-8H2,1-5H3/t9-,10-,11-,13+,14?,17+,18?/m0/s1. The van der Waals surface area contributed by atoms with Gasteiger partial charge in [0.2, 0.25) is 0 Å². The maximum atomic E-state index is 13.0. The lowest BCUT2D eigenvalue weighted by molar-refractivity contribution is -0.178. The predicted octanol–water partition coefficient (Wildman–Crippen LogP) is 1.70. The summed E-state index contributed by atoms with van der Waals surface area (Å²) in [6.07, 6.45) is 0.979. The fraction of sp³-hybridized carbons (Fsp3) is 0.889. The summed E-state index contributed by atoms with van der Waals surface area (Å²) < 4.78 is 23.3. The van der Waals surface area contributed by atoms with Gasteiger partial charge in [0.1, 0.15) is 11.2 Å². The second-order valence-electron chi connectivity index (χ2n) is 7.99. The third-order valence-corrected chi connectivity index (χ3v) is 6.66. The molecular weight excluding hydrogens is 312 g/mol. The summed E-state index contributed by atoms with van der Waals surface area (Å²) in [5.74, 6) is -1.67.